The van der Waals surface area contributed by atoms with Gasteiger partial charge in [0.25, 0.3) is 0 Å². The Morgan fingerprint density at radius 3 is 2.48 bits per heavy atom. The topological polar surface area (TPSA) is 64.3 Å². The predicted molar refractivity (Wildman–Crippen MR) is 86.4 cm³/mol. The Balaban J connectivity index is 2.51. The van der Waals surface area contributed by atoms with Crippen LogP contribution in [0.15, 0.2) is 24.3 Å². The highest BCUT2D eigenvalue weighted by Gasteiger charge is 2.17. The van der Waals surface area contributed by atoms with E-state index in [0.29, 0.717) is 12.5 Å². The minimum absolute atomic E-state index is 0.127. The number of nitrogens with one attached hydrogen (secondary N) is 1. The predicted octanol–water partition coefficient (Wildman–Crippen LogP) is 3.20. The highest BCUT2D eigenvalue weighted by atomic mass is 16.6. The second-order valence-corrected chi connectivity index (χ2v) is 6.70. The molecule has 0 fully saturated rings. The highest BCUT2D eigenvalue weighted by Crippen LogP contribution is 2.20. The normalized spacial score (nSPS) is 13.1. The molecular formula is C17H28N2O2. The van der Waals surface area contributed by atoms with Gasteiger partial charge in [-0.1, -0.05) is 38.1 Å². The molecule has 4 heteroatoms. The van der Waals surface area contributed by atoms with Crippen LogP contribution in [-0.4, -0.2) is 24.3 Å². The van der Waals surface area contributed by atoms with Crippen molar-refractivity contribution >= 4 is 6.09 Å². The summed E-state index contributed by atoms with van der Waals surface area (Å²) in [5.41, 5.74) is 8.18. The SMILES string of the molecule is CC(C)c1ccccc1CC(N)CNC(=O)OC(C)(C)C. The summed E-state index contributed by atoms with van der Waals surface area (Å²) in [6.45, 7) is 10.3. The second-order valence-electron chi connectivity index (χ2n) is 6.70. The molecule has 0 spiro atoms. The van der Waals surface area contributed by atoms with E-state index in [0.717, 1.165) is 6.42 Å². The van der Waals surface area contributed by atoms with Crippen LogP contribution in [-0.2, 0) is 11.2 Å². The number of amides is 1. The minimum atomic E-state index is -0.488. The van der Waals surface area contributed by atoms with Crippen molar-refractivity contribution in [3.05, 3.63) is 35.4 Å². The van der Waals surface area contributed by atoms with E-state index in [-0.39, 0.29) is 6.04 Å². The fourth-order valence-electron chi connectivity index (χ4n) is 2.17. The van der Waals surface area contributed by atoms with Crippen LogP contribution in [0.25, 0.3) is 0 Å². The zero-order chi connectivity index (χ0) is 16.0. The van der Waals surface area contributed by atoms with Crippen molar-refractivity contribution in [2.75, 3.05) is 6.54 Å². The molecule has 1 aromatic rings. The van der Waals surface area contributed by atoms with Gasteiger partial charge in [-0.15, -0.1) is 0 Å². The van der Waals surface area contributed by atoms with Gasteiger partial charge in [0.05, 0.1) is 0 Å². The van der Waals surface area contributed by atoms with Crippen molar-refractivity contribution in [2.24, 2.45) is 5.73 Å². The molecule has 4 nitrogen and oxygen atoms in total. The van der Waals surface area contributed by atoms with Gasteiger partial charge in [0, 0.05) is 12.6 Å². The van der Waals surface area contributed by atoms with Crippen LogP contribution in [0.5, 0.6) is 0 Å². The third-order valence-electron chi connectivity index (χ3n) is 3.07. The first-order valence-corrected chi connectivity index (χ1v) is 7.49. The van der Waals surface area contributed by atoms with Gasteiger partial charge in [-0.2, -0.15) is 0 Å². The molecule has 0 bridgehead atoms. The molecule has 1 amide bonds. The largest absolute Gasteiger partial charge is 0.444 e. The van der Waals surface area contributed by atoms with Crippen LogP contribution >= 0.6 is 0 Å². The molecule has 0 saturated heterocycles. The van der Waals surface area contributed by atoms with Crippen LogP contribution < -0.4 is 11.1 Å². The Labute approximate surface area is 128 Å². The Bertz CT molecular complexity index is 464. The maximum absolute atomic E-state index is 11.6. The maximum Gasteiger partial charge on any atom is 0.407 e. The van der Waals surface area contributed by atoms with E-state index in [1.165, 1.54) is 11.1 Å². The Morgan fingerprint density at radius 1 is 1.29 bits per heavy atom. The number of rotatable bonds is 5. The number of benzene rings is 1. The smallest absolute Gasteiger partial charge is 0.407 e. The number of hydrogen-bond donors (Lipinski definition) is 2. The average molecular weight is 292 g/mol. The van der Waals surface area contributed by atoms with Crippen LogP contribution in [0.3, 0.4) is 0 Å². The zero-order valence-corrected chi connectivity index (χ0v) is 13.8. The first-order valence-electron chi connectivity index (χ1n) is 7.49. The summed E-state index contributed by atoms with van der Waals surface area (Å²) in [6, 6.07) is 8.17. The van der Waals surface area contributed by atoms with E-state index in [1.54, 1.807) is 0 Å². The van der Waals surface area contributed by atoms with Crippen molar-refractivity contribution in [1.29, 1.82) is 0 Å². The lowest BCUT2D eigenvalue weighted by Crippen LogP contribution is -2.41. The molecule has 21 heavy (non-hydrogen) atoms. The third-order valence-corrected chi connectivity index (χ3v) is 3.07. The van der Waals surface area contributed by atoms with Gasteiger partial charge < -0.3 is 15.8 Å². The zero-order valence-electron chi connectivity index (χ0n) is 13.8. The standard InChI is InChI=1S/C17H28N2O2/c1-12(2)15-9-7-6-8-13(15)10-14(18)11-19-16(20)21-17(3,4)5/h6-9,12,14H,10-11,18H2,1-5H3,(H,19,20). The number of carbonyl (C=O) groups excluding carboxylic acids is 1. The lowest BCUT2D eigenvalue weighted by molar-refractivity contribution is 0.0524. The van der Waals surface area contributed by atoms with Gasteiger partial charge in [0.2, 0.25) is 0 Å². The molecule has 0 radical (unpaired) electrons. The summed E-state index contributed by atoms with van der Waals surface area (Å²) in [5.74, 6) is 0.465. The molecule has 1 rings (SSSR count). The third kappa shape index (κ3) is 6.63. The van der Waals surface area contributed by atoms with Crippen molar-refractivity contribution in [3.8, 4) is 0 Å². The average Bonchev–Trinajstić information content (AvgIpc) is 2.35. The van der Waals surface area contributed by atoms with Crippen molar-refractivity contribution in [1.82, 2.24) is 5.32 Å². The van der Waals surface area contributed by atoms with E-state index in [9.17, 15) is 4.79 Å². The van der Waals surface area contributed by atoms with E-state index in [1.807, 2.05) is 32.9 Å². The maximum atomic E-state index is 11.6. The van der Waals surface area contributed by atoms with Crippen LogP contribution in [0, 0.1) is 0 Å². The Kier molecular flexibility index (Phi) is 6.21. The summed E-state index contributed by atoms with van der Waals surface area (Å²) in [5, 5.41) is 2.72. The summed E-state index contributed by atoms with van der Waals surface area (Å²) in [7, 11) is 0. The van der Waals surface area contributed by atoms with Gasteiger partial charge in [0.15, 0.2) is 0 Å². The molecule has 118 valence electrons. The van der Waals surface area contributed by atoms with Crippen molar-refractivity contribution < 1.29 is 9.53 Å². The molecule has 0 aliphatic heterocycles. The molecule has 0 heterocycles. The van der Waals surface area contributed by atoms with Crippen LogP contribution in [0.1, 0.15) is 51.7 Å². The quantitative estimate of drug-likeness (QED) is 0.876. The fraction of sp³-hybridized carbons (Fsp3) is 0.588. The molecule has 0 aliphatic carbocycles. The molecule has 1 aromatic carbocycles. The number of nitrogens with two attached hydrogens (primary N) is 1. The van der Waals surface area contributed by atoms with Crippen LogP contribution in [0.4, 0.5) is 4.79 Å². The van der Waals surface area contributed by atoms with Gasteiger partial charge in [0.1, 0.15) is 5.60 Å². The summed E-state index contributed by atoms with van der Waals surface area (Å²) in [6.07, 6.45) is 0.319. The molecule has 0 aromatic heterocycles. The minimum Gasteiger partial charge on any atom is -0.444 e. The molecule has 0 saturated carbocycles. The monoisotopic (exact) mass is 292 g/mol. The Hall–Kier alpha value is -1.55. The summed E-state index contributed by atoms with van der Waals surface area (Å²) in [4.78, 5) is 11.6. The molecular weight excluding hydrogens is 264 g/mol. The van der Waals surface area contributed by atoms with Gasteiger partial charge in [-0.3, -0.25) is 0 Å². The van der Waals surface area contributed by atoms with E-state index in [4.69, 9.17) is 10.5 Å². The summed E-state index contributed by atoms with van der Waals surface area (Å²) < 4.78 is 5.19. The van der Waals surface area contributed by atoms with Gasteiger partial charge >= 0.3 is 6.09 Å². The number of carbonyl (C=O) groups is 1. The number of hydrogen-bond acceptors (Lipinski definition) is 3. The van der Waals surface area contributed by atoms with E-state index >= 15 is 0 Å². The van der Waals surface area contributed by atoms with E-state index in [2.05, 4.69) is 31.3 Å². The fourth-order valence-corrected chi connectivity index (χ4v) is 2.17. The van der Waals surface area contributed by atoms with E-state index < -0.39 is 11.7 Å². The molecule has 1 atom stereocenters. The first-order chi connectivity index (χ1) is 9.69. The van der Waals surface area contributed by atoms with Crippen molar-refractivity contribution in [3.63, 3.8) is 0 Å². The Morgan fingerprint density at radius 2 is 1.90 bits per heavy atom. The molecule has 0 aliphatic rings. The first kappa shape index (κ1) is 17.5. The lowest BCUT2D eigenvalue weighted by atomic mass is 9.93. The number of ether oxygens (including phenoxy) is 1. The molecule has 1 unspecified atom stereocenters. The molecule has 3 N–H and O–H groups in total. The van der Waals surface area contributed by atoms with Gasteiger partial charge in [-0.05, 0) is 44.2 Å². The van der Waals surface area contributed by atoms with Crippen molar-refractivity contribution in [2.45, 2.75) is 58.6 Å². The number of alkyl carbamates (subject to hydrolysis) is 1. The second kappa shape index (κ2) is 7.46. The van der Waals surface area contributed by atoms with Gasteiger partial charge in [-0.25, -0.2) is 4.79 Å². The van der Waals surface area contributed by atoms with Crippen LogP contribution in [0.2, 0.25) is 0 Å². The lowest BCUT2D eigenvalue weighted by Gasteiger charge is -2.21. The highest BCUT2D eigenvalue weighted by molar-refractivity contribution is 5.67. The summed E-state index contributed by atoms with van der Waals surface area (Å²) >= 11 is 0.